The highest BCUT2D eigenvalue weighted by atomic mass is 16.3. The van der Waals surface area contributed by atoms with Crippen LogP contribution in [0.1, 0.15) is 28.4 Å². The van der Waals surface area contributed by atoms with Crippen LogP contribution >= 0.6 is 0 Å². The van der Waals surface area contributed by atoms with Crippen molar-refractivity contribution in [1.29, 1.82) is 0 Å². The lowest BCUT2D eigenvalue weighted by molar-refractivity contribution is 0.387. The second-order valence-corrected chi connectivity index (χ2v) is 17.2. The third-order valence-electron chi connectivity index (χ3n) is 13.9. The molecule has 1 aromatic heterocycles. The topological polar surface area (TPSA) is 19.6 Å². The van der Waals surface area contributed by atoms with Crippen molar-refractivity contribution >= 4 is 55.9 Å². The van der Waals surface area contributed by atoms with Crippen LogP contribution in [0.15, 0.2) is 247 Å². The van der Waals surface area contributed by atoms with Crippen molar-refractivity contribution in [2.24, 2.45) is 5.92 Å². The normalized spacial score (nSPS) is 17.6. The molecule has 0 aliphatic heterocycles. The molecule has 3 aliphatic carbocycles. The molecule has 3 atom stereocenters. The van der Waals surface area contributed by atoms with E-state index in [2.05, 4.69) is 252 Å². The lowest BCUT2D eigenvalue weighted by Crippen LogP contribution is -2.33. The van der Waals surface area contributed by atoms with E-state index in [1.165, 1.54) is 49.7 Å². The van der Waals surface area contributed by atoms with E-state index < -0.39 is 5.41 Å². The van der Waals surface area contributed by atoms with Crippen molar-refractivity contribution in [1.82, 2.24) is 0 Å². The van der Waals surface area contributed by atoms with Crippen molar-refractivity contribution in [2.45, 2.75) is 11.3 Å². The van der Waals surface area contributed by atoms with Crippen molar-refractivity contribution in [3.63, 3.8) is 0 Å². The molecule has 1 heterocycles. The molecule has 0 amide bonds. The minimum absolute atomic E-state index is 0.0767. The number of benzene rings is 9. The molecule has 302 valence electrons. The second kappa shape index (κ2) is 14.5. The Balaban J connectivity index is 1.08. The highest BCUT2D eigenvalue weighted by molar-refractivity contribution is 6.04. The zero-order valence-electron chi connectivity index (χ0n) is 35.1. The molecule has 0 saturated heterocycles. The molecule has 3 unspecified atom stereocenters. The van der Waals surface area contributed by atoms with Gasteiger partial charge in [0.1, 0.15) is 11.3 Å². The van der Waals surface area contributed by atoms with Gasteiger partial charge in [0.2, 0.25) is 0 Å². The van der Waals surface area contributed by atoms with E-state index in [1.54, 1.807) is 0 Å². The summed E-state index contributed by atoms with van der Waals surface area (Å²) in [5, 5.41) is 3.56. The second-order valence-electron chi connectivity index (χ2n) is 17.2. The monoisotopic (exact) mass is 818 g/mol. The van der Waals surface area contributed by atoms with E-state index >= 15 is 0 Å². The third kappa shape index (κ3) is 5.41. The number of allylic oxidation sites excluding steroid dienone is 4. The lowest BCUT2D eigenvalue weighted by atomic mass is 9.67. The Bertz CT molecular complexity index is 3470. The lowest BCUT2D eigenvalue weighted by Gasteiger charge is -2.35. The largest absolute Gasteiger partial charge is 0.459 e. The molecule has 0 bridgehead atoms. The van der Waals surface area contributed by atoms with Gasteiger partial charge in [-0.2, -0.15) is 0 Å². The molecular formula is C61H42N2O. The summed E-state index contributed by atoms with van der Waals surface area (Å²) in [7, 11) is 0. The number of anilines is 6. The number of furan rings is 1. The summed E-state index contributed by atoms with van der Waals surface area (Å²) in [6.45, 7) is 0. The zero-order chi connectivity index (χ0) is 42.2. The van der Waals surface area contributed by atoms with Gasteiger partial charge < -0.3 is 14.2 Å². The first-order chi connectivity index (χ1) is 31.8. The highest BCUT2D eigenvalue weighted by Gasteiger charge is 2.60. The molecule has 13 rings (SSSR count). The van der Waals surface area contributed by atoms with Gasteiger partial charge in [-0.25, -0.2) is 0 Å². The molecule has 1 spiro atoms. The van der Waals surface area contributed by atoms with Crippen LogP contribution in [-0.4, -0.2) is 0 Å². The maximum Gasteiger partial charge on any atom is 0.135 e. The smallest absolute Gasteiger partial charge is 0.135 e. The molecule has 0 N–H and O–H groups in total. The maximum absolute atomic E-state index is 7.31. The van der Waals surface area contributed by atoms with Gasteiger partial charge in [0.05, 0.1) is 11.1 Å². The fourth-order valence-corrected chi connectivity index (χ4v) is 11.2. The summed E-state index contributed by atoms with van der Waals surface area (Å²) >= 11 is 0. The van der Waals surface area contributed by atoms with Gasteiger partial charge in [-0.15, -0.1) is 0 Å². The Hall–Kier alpha value is -8.14. The number of hydrogen-bond donors (Lipinski definition) is 0. The van der Waals surface area contributed by atoms with Crippen molar-refractivity contribution in [3.8, 4) is 22.3 Å². The predicted octanol–water partition coefficient (Wildman–Crippen LogP) is 16.3. The van der Waals surface area contributed by atoms with Crippen LogP contribution < -0.4 is 9.80 Å². The van der Waals surface area contributed by atoms with E-state index in [9.17, 15) is 0 Å². The highest BCUT2D eigenvalue weighted by Crippen LogP contribution is 2.68. The van der Waals surface area contributed by atoms with Crippen molar-refractivity contribution in [3.05, 3.63) is 265 Å². The van der Waals surface area contributed by atoms with E-state index in [-0.39, 0.29) is 11.8 Å². The Morgan fingerprint density at radius 3 is 1.84 bits per heavy atom. The van der Waals surface area contributed by atoms with Crippen LogP contribution in [0.4, 0.5) is 34.1 Å². The SMILES string of the molecule is C1=CC2c3ccc(N(c4ccccc4)c4cccc(-c5ccccc5)c4)cc3C3(c4cc(N(c5ccccc5)c5cccc6ccccc56)ccc4-c4c3oc3ccccc43)C2C=C1. The summed E-state index contributed by atoms with van der Waals surface area (Å²) in [5.41, 5.74) is 15.6. The minimum atomic E-state index is -0.633. The Morgan fingerprint density at radius 2 is 1.02 bits per heavy atom. The van der Waals surface area contributed by atoms with E-state index in [1.807, 2.05) is 0 Å². The fourth-order valence-electron chi connectivity index (χ4n) is 11.2. The van der Waals surface area contributed by atoms with Crippen LogP contribution in [0.5, 0.6) is 0 Å². The molecule has 0 radical (unpaired) electrons. The Morgan fingerprint density at radius 1 is 0.422 bits per heavy atom. The van der Waals surface area contributed by atoms with Gasteiger partial charge in [-0.3, -0.25) is 0 Å². The van der Waals surface area contributed by atoms with Crippen LogP contribution in [-0.2, 0) is 5.41 Å². The third-order valence-corrected chi connectivity index (χ3v) is 13.9. The number of fused-ring (bicyclic) bond motifs is 13. The molecule has 0 saturated carbocycles. The number of para-hydroxylation sites is 3. The van der Waals surface area contributed by atoms with Crippen LogP contribution in [0, 0.1) is 5.92 Å². The molecule has 0 fully saturated rings. The average Bonchev–Trinajstić information content (AvgIpc) is 3.99. The van der Waals surface area contributed by atoms with Crippen molar-refractivity contribution < 1.29 is 4.42 Å². The quantitative estimate of drug-likeness (QED) is 0.160. The van der Waals surface area contributed by atoms with Gasteiger partial charge in [0, 0.05) is 56.6 Å². The first-order valence-corrected chi connectivity index (χ1v) is 22.3. The predicted molar refractivity (Wildman–Crippen MR) is 265 cm³/mol. The molecule has 9 aromatic carbocycles. The van der Waals surface area contributed by atoms with E-state index in [0.717, 1.165) is 50.9 Å². The summed E-state index contributed by atoms with van der Waals surface area (Å²) in [4.78, 5) is 4.85. The number of nitrogens with zero attached hydrogens (tertiary/aromatic N) is 2. The van der Waals surface area contributed by atoms with E-state index in [4.69, 9.17) is 4.42 Å². The van der Waals surface area contributed by atoms with Crippen LogP contribution in [0.3, 0.4) is 0 Å². The van der Waals surface area contributed by atoms with Crippen molar-refractivity contribution in [2.75, 3.05) is 9.80 Å². The van der Waals surface area contributed by atoms with Gasteiger partial charge >= 0.3 is 0 Å². The molecule has 10 aromatic rings. The van der Waals surface area contributed by atoms with Gasteiger partial charge in [-0.05, 0) is 112 Å². The van der Waals surface area contributed by atoms with E-state index in [0.29, 0.717) is 0 Å². The maximum atomic E-state index is 7.31. The first kappa shape index (κ1) is 36.5. The van der Waals surface area contributed by atoms with Gasteiger partial charge in [0.25, 0.3) is 0 Å². The van der Waals surface area contributed by atoms with Gasteiger partial charge in [0.15, 0.2) is 0 Å². The fraction of sp³-hybridized carbons (Fsp3) is 0.0492. The van der Waals surface area contributed by atoms with Gasteiger partial charge in [-0.1, -0.05) is 170 Å². The molecule has 3 aliphatic rings. The minimum Gasteiger partial charge on any atom is -0.459 e. The first-order valence-electron chi connectivity index (χ1n) is 22.3. The summed E-state index contributed by atoms with van der Waals surface area (Å²) in [6, 6.07) is 79.5. The molecule has 64 heavy (non-hydrogen) atoms. The summed E-state index contributed by atoms with van der Waals surface area (Å²) in [5.74, 6) is 1.26. The standard InChI is InChI=1S/C61H42N2O/c1-4-18-41(19-5-1)43-22-16-27-46(38-43)62(44-23-6-2-7-24-44)47-34-36-51-50-29-12-14-31-54(50)61(55(51)39-47)56-40-48(35-37-52(56)59-53-30-13-15-33-58(53)64-60(59)61)63(45-25-8-3-9-26-45)57-32-17-21-42-20-10-11-28-49(42)57/h1-40,50,54H. The molecule has 3 heteroatoms. The average molecular weight is 819 g/mol. The number of hydrogen-bond acceptors (Lipinski definition) is 3. The van der Waals surface area contributed by atoms with Crippen LogP contribution in [0.25, 0.3) is 44.0 Å². The molecular weight excluding hydrogens is 777 g/mol. The molecule has 3 nitrogen and oxygen atoms in total. The summed E-state index contributed by atoms with van der Waals surface area (Å²) in [6.07, 6.45) is 9.33. The Kier molecular flexibility index (Phi) is 8.26. The summed E-state index contributed by atoms with van der Waals surface area (Å²) < 4.78 is 7.31. The zero-order valence-corrected chi connectivity index (χ0v) is 35.1. The van der Waals surface area contributed by atoms with Crippen LogP contribution in [0.2, 0.25) is 0 Å². The Labute approximate surface area is 373 Å². The number of rotatable bonds is 7.